The molecule has 0 spiro atoms. The van der Waals surface area contributed by atoms with Crippen LogP contribution in [0, 0.1) is 0 Å². The summed E-state index contributed by atoms with van der Waals surface area (Å²) in [5, 5.41) is 0. The fourth-order valence-electron chi connectivity index (χ4n) is 1.19. The van der Waals surface area contributed by atoms with Crippen molar-refractivity contribution in [2.45, 2.75) is 12.6 Å². The first kappa shape index (κ1) is 14.1. The van der Waals surface area contributed by atoms with Crippen molar-refractivity contribution in [2.24, 2.45) is 0 Å². The van der Waals surface area contributed by atoms with Gasteiger partial charge >= 0.3 is 12.1 Å². The molecule has 0 unspecified atom stereocenters. The molecule has 18 heavy (non-hydrogen) atoms. The maximum absolute atomic E-state index is 12.6. The molecule has 0 amide bonds. The monoisotopic (exact) mass is 270 g/mol. The number of hydrogen-bond acceptors (Lipinski definition) is 4. The van der Waals surface area contributed by atoms with Crippen LogP contribution in [0.3, 0.4) is 0 Å². The second-order valence-corrected chi connectivity index (χ2v) is 3.15. The Bertz CT molecular complexity index is 473. The summed E-state index contributed by atoms with van der Waals surface area (Å²) in [4.78, 5) is 14.0. The maximum Gasteiger partial charge on any atom is 0.418 e. The molecule has 9 heteroatoms. The summed E-state index contributed by atoms with van der Waals surface area (Å²) in [6.45, 7) is 0. The van der Waals surface area contributed by atoms with Gasteiger partial charge in [0, 0.05) is 0 Å². The van der Waals surface area contributed by atoms with Gasteiger partial charge in [0.15, 0.2) is 5.69 Å². The molecule has 0 bridgehead atoms. The van der Waals surface area contributed by atoms with Gasteiger partial charge in [0.25, 0.3) is 6.43 Å². The minimum absolute atomic E-state index is 0.237. The van der Waals surface area contributed by atoms with Gasteiger partial charge in [-0.25, -0.2) is 18.6 Å². The van der Waals surface area contributed by atoms with Crippen LogP contribution in [0.25, 0.3) is 0 Å². The van der Waals surface area contributed by atoms with Crippen molar-refractivity contribution < 1.29 is 31.5 Å². The summed E-state index contributed by atoms with van der Waals surface area (Å²) in [6.07, 6.45) is -8.15. The quantitative estimate of drug-likeness (QED) is 0.662. The predicted octanol–water partition coefficient (Wildman–Crippen LogP) is 2.41. The minimum atomic E-state index is -4.95. The number of esters is 1. The van der Waals surface area contributed by atoms with Crippen LogP contribution >= 0.6 is 0 Å². The van der Waals surface area contributed by atoms with Gasteiger partial charge < -0.3 is 10.5 Å². The number of alkyl halides is 5. The van der Waals surface area contributed by atoms with Crippen LogP contribution in [0.15, 0.2) is 6.07 Å². The van der Waals surface area contributed by atoms with E-state index >= 15 is 0 Å². The molecule has 2 N–H and O–H groups in total. The average Bonchev–Trinajstić information content (AvgIpc) is 2.26. The number of pyridine rings is 1. The van der Waals surface area contributed by atoms with Crippen molar-refractivity contribution in [2.75, 3.05) is 12.8 Å². The molecule has 0 atom stereocenters. The van der Waals surface area contributed by atoms with Crippen molar-refractivity contribution >= 4 is 11.7 Å². The average molecular weight is 270 g/mol. The zero-order valence-electron chi connectivity index (χ0n) is 8.89. The zero-order valence-corrected chi connectivity index (χ0v) is 8.89. The topological polar surface area (TPSA) is 65.2 Å². The predicted molar refractivity (Wildman–Crippen MR) is 49.9 cm³/mol. The number of nitrogens with zero attached hydrogens (tertiary/aromatic N) is 1. The Kier molecular flexibility index (Phi) is 3.73. The number of nitrogen functional groups attached to an aromatic ring is 1. The Hall–Kier alpha value is -1.93. The van der Waals surface area contributed by atoms with E-state index in [1.165, 1.54) is 0 Å². The highest BCUT2D eigenvalue weighted by atomic mass is 19.4. The molecule has 100 valence electrons. The Balaban J connectivity index is 3.52. The van der Waals surface area contributed by atoms with E-state index in [9.17, 15) is 26.7 Å². The molecule has 0 saturated carbocycles. The molecule has 1 rings (SSSR count). The number of hydrogen-bond donors (Lipinski definition) is 1. The fraction of sp³-hybridized carbons (Fsp3) is 0.333. The second kappa shape index (κ2) is 4.75. The summed E-state index contributed by atoms with van der Waals surface area (Å²) in [5.41, 5.74) is 0.340. The molecule has 0 aliphatic carbocycles. The number of carbonyl (C=O) groups excluding carboxylic acids is 1. The van der Waals surface area contributed by atoms with Crippen molar-refractivity contribution in [3.8, 4) is 0 Å². The molecular weight excluding hydrogens is 263 g/mol. The van der Waals surface area contributed by atoms with Crippen LogP contribution in [-0.2, 0) is 10.9 Å². The van der Waals surface area contributed by atoms with E-state index in [0.29, 0.717) is 0 Å². The Labute approximate surface area is 97.6 Å². The second-order valence-electron chi connectivity index (χ2n) is 3.15. The molecule has 0 radical (unpaired) electrons. The van der Waals surface area contributed by atoms with Gasteiger partial charge in [-0.3, -0.25) is 0 Å². The Morgan fingerprint density at radius 2 is 2.00 bits per heavy atom. The lowest BCUT2D eigenvalue weighted by Gasteiger charge is -2.13. The molecule has 0 aromatic carbocycles. The van der Waals surface area contributed by atoms with Crippen molar-refractivity contribution in [1.82, 2.24) is 4.98 Å². The van der Waals surface area contributed by atoms with Gasteiger partial charge in [-0.15, -0.1) is 0 Å². The summed E-state index contributed by atoms with van der Waals surface area (Å²) in [5.74, 6) is -1.47. The minimum Gasteiger partial charge on any atom is -0.464 e. The number of carbonyl (C=O) groups is 1. The third-order valence-electron chi connectivity index (χ3n) is 1.97. The molecule has 0 saturated heterocycles. The number of methoxy groups -OCH3 is 1. The lowest BCUT2D eigenvalue weighted by molar-refractivity contribution is -0.138. The number of anilines is 1. The molecule has 1 aromatic heterocycles. The highest BCUT2D eigenvalue weighted by Gasteiger charge is 2.38. The summed E-state index contributed by atoms with van der Waals surface area (Å²) in [7, 11) is 0.808. The van der Waals surface area contributed by atoms with Crippen LogP contribution < -0.4 is 5.73 Å². The van der Waals surface area contributed by atoms with E-state index in [2.05, 4.69) is 9.72 Å². The molecule has 0 aliphatic rings. The van der Waals surface area contributed by atoms with Crippen LogP contribution in [0.5, 0.6) is 0 Å². The Morgan fingerprint density at radius 1 is 1.44 bits per heavy atom. The number of nitrogens with two attached hydrogens (primary N) is 1. The molecule has 1 aromatic rings. The van der Waals surface area contributed by atoms with E-state index < -0.39 is 41.2 Å². The van der Waals surface area contributed by atoms with Gasteiger partial charge in [0.2, 0.25) is 0 Å². The number of rotatable bonds is 2. The highest BCUT2D eigenvalue weighted by Crippen LogP contribution is 2.35. The van der Waals surface area contributed by atoms with Crippen LogP contribution in [0.2, 0.25) is 0 Å². The number of halogens is 5. The van der Waals surface area contributed by atoms with E-state index in [-0.39, 0.29) is 6.07 Å². The first-order valence-corrected chi connectivity index (χ1v) is 4.42. The van der Waals surface area contributed by atoms with E-state index in [1.54, 1.807) is 0 Å². The largest absolute Gasteiger partial charge is 0.464 e. The van der Waals surface area contributed by atoms with Crippen LogP contribution in [0.4, 0.5) is 27.6 Å². The van der Waals surface area contributed by atoms with Gasteiger partial charge in [-0.2, -0.15) is 13.2 Å². The summed E-state index contributed by atoms with van der Waals surface area (Å²) >= 11 is 0. The van der Waals surface area contributed by atoms with Crippen molar-refractivity contribution in [3.63, 3.8) is 0 Å². The molecule has 0 aliphatic heterocycles. The molecule has 4 nitrogen and oxygen atoms in total. The van der Waals surface area contributed by atoms with Gasteiger partial charge in [-0.05, 0) is 6.07 Å². The van der Waals surface area contributed by atoms with Crippen LogP contribution in [0.1, 0.15) is 28.2 Å². The first-order valence-electron chi connectivity index (χ1n) is 4.42. The summed E-state index contributed by atoms with van der Waals surface area (Å²) in [6, 6.07) is 0.237. The lowest BCUT2D eigenvalue weighted by atomic mass is 10.1. The molecular formula is C9H7F5N2O2. The zero-order chi connectivity index (χ0) is 14.1. The van der Waals surface area contributed by atoms with Gasteiger partial charge in [-0.1, -0.05) is 0 Å². The summed E-state index contributed by atoms with van der Waals surface area (Å²) < 4.78 is 66.6. The van der Waals surface area contributed by atoms with Gasteiger partial charge in [0.05, 0.1) is 18.4 Å². The smallest absolute Gasteiger partial charge is 0.418 e. The van der Waals surface area contributed by atoms with E-state index in [0.717, 1.165) is 7.11 Å². The third-order valence-corrected chi connectivity index (χ3v) is 1.97. The van der Waals surface area contributed by atoms with Crippen LogP contribution in [-0.4, -0.2) is 18.1 Å². The van der Waals surface area contributed by atoms with E-state index in [1.807, 2.05) is 0 Å². The van der Waals surface area contributed by atoms with E-state index in [4.69, 9.17) is 5.73 Å². The lowest BCUT2D eigenvalue weighted by Crippen LogP contribution is -2.18. The fourth-order valence-corrected chi connectivity index (χ4v) is 1.19. The standard InChI is InChI=1S/C9H7F5N2O2/c1-18-8(17)5-3(9(12,13)14)2-4(15)6(16-5)7(10)11/h2,7H,15H2,1H3. The van der Waals surface area contributed by atoms with Gasteiger partial charge in [0.1, 0.15) is 5.69 Å². The number of aromatic nitrogens is 1. The maximum atomic E-state index is 12.6. The normalized spacial score (nSPS) is 11.7. The molecule has 1 heterocycles. The molecule has 0 fully saturated rings. The third kappa shape index (κ3) is 2.66. The highest BCUT2D eigenvalue weighted by molar-refractivity contribution is 5.89. The first-order chi connectivity index (χ1) is 8.18. The number of ether oxygens (including phenoxy) is 1. The van der Waals surface area contributed by atoms with Crippen molar-refractivity contribution in [3.05, 3.63) is 23.0 Å². The van der Waals surface area contributed by atoms with Crippen molar-refractivity contribution in [1.29, 1.82) is 0 Å². The SMILES string of the molecule is COC(=O)c1nc(C(F)F)c(N)cc1C(F)(F)F. The Morgan fingerprint density at radius 3 is 2.39 bits per heavy atom.